The standard InChI is InChI=1S/C14H22N2O2/c1-15-6-7-16(2)13(10-15)14(18)9-11-4-3-5-12(17)8-11/h3-5,8,13-14,17-18H,6-7,9-10H2,1-2H3. The van der Waals surface area contributed by atoms with Crippen molar-refractivity contribution in [1.82, 2.24) is 9.80 Å². The molecule has 0 amide bonds. The molecule has 1 aromatic carbocycles. The zero-order valence-corrected chi connectivity index (χ0v) is 11.1. The van der Waals surface area contributed by atoms with E-state index in [4.69, 9.17) is 0 Å². The monoisotopic (exact) mass is 250 g/mol. The fourth-order valence-electron chi connectivity index (χ4n) is 2.52. The van der Waals surface area contributed by atoms with Crippen molar-refractivity contribution in [3.63, 3.8) is 0 Å². The van der Waals surface area contributed by atoms with Crippen LogP contribution < -0.4 is 0 Å². The van der Waals surface area contributed by atoms with Gasteiger partial charge in [0.15, 0.2) is 0 Å². The van der Waals surface area contributed by atoms with Gasteiger partial charge in [-0.2, -0.15) is 0 Å². The number of rotatable bonds is 3. The molecule has 1 saturated heterocycles. The molecule has 4 heteroatoms. The number of phenolic OH excluding ortho intramolecular Hbond substituents is 1. The minimum atomic E-state index is -0.403. The minimum absolute atomic E-state index is 0.158. The Kier molecular flexibility index (Phi) is 4.22. The number of nitrogens with zero attached hydrogens (tertiary/aromatic N) is 2. The molecule has 0 aromatic heterocycles. The third-order valence-electron chi connectivity index (χ3n) is 3.70. The topological polar surface area (TPSA) is 46.9 Å². The maximum atomic E-state index is 10.4. The third-order valence-corrected chi connectivity index (χ3v) is 3.70. The number of piperazine rings is 1. The summed E-state index contributed by atoms with van der Waals surface area (Å²) in [6.45, 7) is 2.92. The molecule has 1 aliphatic heterocycles. The molecular weight excluding hydrogens is 228 g/mol. The number of hydrogen-bond acceptors (Lipinski definition) is 4. The van der Waals surface area contributed by atoms with E-state index in [1.54, 1.807) is 12.1 Å². The van der Waals surface area contributed by atoms with Crippen molar-refractivity contribution in [3.8, 4) is 5.75 Å². The summed E-state index contributed by atoms with van der Waals surface area (Å²) < 4.78 is 0. The van der Waals surface area contributed by atoms with Crippen LogP contribution in [-0.2, 0) is 6.42 Å². The van der Waals surface area contributed by atoms with Crippen molar-refractivity contribution in [2.24, 2.45) is 0 Å². The van der Waals surface area contributed by atoms with Crippen molar-refractivity contribution in [2.45, 2.75) is 18.6 Å². The summed E-state index contributed by atoms with van der Waals surface area (Å²) in [4.78, 5) is 4.46. The van der Waals surface area contributed by atoms with Crippen LogP contribution in [0.3, 0.4) is 0 Å². The van der Waals surface area contributed by atoms with E-state index in [1.807, 2.05) is 12.1 Å². The molecule has 2 atom stereocenters. The summed E-state index contributed by atoms with van der Waals surface area (Å²) in [6.07, 6.45) is 0.177. The van der Waals surface area contributed by atoms with Gasteiger partial charge in [0.2, 0.25) is 0 Å². The highest BCUT2D eigenvalue weighted by molar-refractivity contribution is 5.27. The third kappa shape index (κ3) is 3.22. The van der Waals surface area contributed by atoms with Gasteiger partial charge in [0.1, 0.15) is 5.75 Å². The molecule has 2 unspecified atom stereocenters. The zero-order valence-electron chi connectivity index (χ0n) is 11.1. The van der Waals surface area contributed by atoms with Crippen molar-refractivity contribution >= 4 is 0 Å². The number of phenols is 1. The van der Waals surface area contributed by atoms with E-state index in [0.717, 1.165) is 25.2 Å². The van der Waals surface area contributed by atoms with E-state index >= 15 is 0 Å². The molecule has 2 N–H and O–H groups in total. The van der Waals surface area contributed by atoms with Crippen molar-refractivity contribution in [1.29, 1.82) is 0 Å². The van der Waals surface area contributed by atoms with Gasteiger partial charge in [-0.05, 0) is 31.8 Å². The summed E-state index contributed by atoms with van der Waals surface area (Å²) in [7, 11) is 4.14. The highest BCUT2D eigenvalue weighted by Gasteiger charge is 2.28. The van der Waals surface area contributed by atoms with Crippen LogP contribution >= 0.6 is 0 Å². The predicted octanol–water partition coefficient (Wildman–Crippen LogP) is 0.541. The molecule has 1 fully saturated rings. The normalized spacial score (nSPS) is 24.1. The Morgan fingerprint density at radius 2 is 2.11 bits per heavy atom. The molecule has 1 aliphatic rings. The molecule has 1 aromatic rings. The first kappa shape index (κ1) is 13.3. The molecule has 0 radical (unpaired) electrons. The lowest BCUT2D eigenvalue weighted by atomic mass is 9.99. The first-order valence-electron chi connectivity index (χ1n) is 6.41. The van der Waals surface area contributed by atoms with Gasteiger partial charge in [0.25, 0.3) is 0 Å². The largest absolute Gasteiger partial charge is 0.508 e. The molecule has 1 heterocycles. The van der Waals surface area contributed by atoms with E-state index in [-0.39, 0.29) is 11.8 Å². The summed E-state index contributed by atoms with van der Waals surface area (Å²) in [5.41, 5.74) is 0.976. The Labute approximate surface area is 108 Å². The van der Waals surface area contributed by atoms with E-state index in [1.165, 1.54) is 0 Å². The second-order valence-corrected chi connectivity index (χ2v) is 5.25. The lowest BCUT2D eigenvalue weighted by molar-refractivity contribution is 0.0153. The zero-order chi connectivity index (χ0) is 13.1. The van der Waals surface area contributed by atoms with Crippen LogP contribution in [0.25, 0.3) is 0 Å². The van der Waals surface area contributed by atoms with Gasteiger partial charge in [0, 0.05) is 32.1 Å². The van der Waals surface area contributed by atoms with Crippen LogP contribution in [0.1, 0.15) is 5.56 Å². The predicted molar refractivity (Wildman–Crippen MR) is 71.7 cm³/mol. The maximum absolute atomic E-state index is 10.4. The van der Waals surface area contributed by atoms with Crippen LogP contribution in [0, 0.1) is 0 Å². The van der Waals surface area contributed by atoms with E-state index < -0.39 is 6.10 Å². The number of aliphatic hydroxyl groups excluding tert-OH is 1. The second kappa shape index (κ2) is 5.69. The van der Waals surface area contributed by atoms with Crippen molar-refractivity contribution < 1.29 is 10.2 Å². The maximum Gasteiger partial charge on any atom is 0.115 e. The molecule has 0 aliphatic carbocycles. The Morgan fingerprint density at radius 3 is 2.83 bits per heavy atom. The molecule has 4 nitrogen and oxygen atoms in total. The Hall–Kier alpha value is -1.10. The smallest absolute Gasteiger partial charge is 0.115 e. The van der Waals surface area contributed by atoms with Crippen LogP contribution in [0.5, 0.6) is 5.75 Å². The first-order chi connectivity index (χ1) is 8.56. The summed E-state index contributed by atoms with van der Waals surface area (Å²) in [6, 6.07) is 7.28. The van der Waals surface area contributed by atoms with E-state index in [0.29, 0.717) is 6.42 Å². The minimum Gasteiger partial charge on any atom is -0.508 e. The second-order valence-electron chi connectivity index (χ2n) is 5.25. The Balaban J connectivity index is 2.00. The molecule has 0 bridgehead atoms. The number of likely N-dealkylation sites (N-methyl/N-ethyl adjacent to an activating group) is 2. The quantitative estimate of drug-likeness (QED) is 0.822. The average molecular weight is 250 g/mol. The number of hydrogen-bond donors (Lipinski definition) is 2. The molecule has 2 rings (SSSR count). The van der Waals surface area contributed by atoms with Crippen LogP contribution in [0.15, 0.2) is 24.3 Å². The highest BCUT2D eigenvalue weighted by atomic mass is 16.3. The van der Waals surface area contributed by atoms with Gasteiger partial charge >= 0.3 is 0 Å². The number of benzene rings is 1. The average Bonchev–Trinajstić information content (AvgIpc) is 2.32. The van der Waals surface area contributed by atoms with Crippen LogP contribution in [-0.4, -0.2) is 65.9 Å². The summed E-state index contributed by atoms with van der Waals surface area (Å²) in [5.74, 6) is 0.258. The SMILES string of the molecule is CN1CCN(C)C(C(O)Cc2cccc(O)c2)C1. The van der Waals surface area contributed by atoms with Crippen LogP contribution in [0.4, 0.5) is 0 Å². The van der Waals surface area contributed by atoms with E-state index in [9.17, 15) is 10.2 Å². The molecule has 100 valence electrons. The van der Waals surface area contributed by atoms with Gasteiger partial charge in [-0.25, -0.2) is 0 Å². The Morgan fingerprint density at radius 1 is 1.33 bits per heavy atom. The van der Waals surface area contributed by atoms with E-state index in [2.05, 4.69) is 23.9 Å². The molecule has 0 spiro atoms. The fourth-order valence-corrected chi connectivity index (χ4v) is 2.52. The highest BCUT2D eigenvalue weighted by Crippen LogP contribution is 2.17. The van der Waals surface area contributed by atoms with Gasteiger partial charge in [-0.3, -0.25) is 4.90 Å². The van der Waals surface area contributed by atoms with Crippen molar-refractivity contribution in [2.75, 3.05) is 33.7 Å². The van der Waals surface area contributed by atoms with Crippen LogP contribution in [0.2, 0.25) is 0 Å². The van der Waals surface area contributed by atoms with Crippen molar-refractivity contribution in [3.05, 3.63) is 29.8 Å². The number of aliphatic hydroxyl groups is 1. The fraction of sp³-hybridized carbons (Fsp3) is 0.571. The number of aromatic hydroxyl groups is 1. The lowest BCUT2D eigenvalue weighted by Crippen LogP contribution is -2.55. The van der Waals surface area contributed by atoms with Gasteiger partial charge in [-0.1, -0.05) is 12.1 Å². The molecular formula is C14H22N2O2. The summed E-state index contributed by atoms with van der Waals surface area (Å²) in [5, 5.41) is 19.8. The first-order valence-corrected chi connectivity index (χ1v) is 6.41. The lowest BCUT2D eigenvalue weighted by Gasteiger charge is -2.40. The van der Waals surface area contributed by atoms with Gasteiger partial charge in [-0.15, -0.1) is 0 Å². The summed E-state index contributed by atoms with van der Waals surface area (Å²) >= 11 is 0. The Bertz CT molecular complexity index is 397. The molecule has 0 saturated carbocycles. The van der Waals surface area contributed by atoms with Gasteiger partial charge in [0.05, 0.1) is 6.10 Å². The van der Waals surface area contributed by atoms with Gasteiger partial charge < -0.3 is 15.1 Å². The molecule has 18 heavy (non-hydrogen) atoms.